The smallest absolute Gasteiger partial charge is 0.331 e. The number of esters is 2. The monoisotopic (exact) mass is 347 g/mol. The van der Waals surface area contributed by atoms with Crippen LogP contribution in [0, 0.1) is 0 Å². The third kappa shape index (κ3) is 8.45. The van der Waals surface area contributed by atoms with Gasteiger partial charge < -0.3 is 14.8 Å². The van der Waals surface area contributed by atoms with Crippen molar-refractivity contribution in [2.75, 3.05) is 13.2 Å². The summed E-state index contributed by atoms with van der Waals surface area (Å²) < 4.78 is 9.31. The van der Waals surface area contributed by atoms with Gasteiger partial charge in [0.1, 0.15) is 0 Å². The van der Waals surface area contributed by atoms with Gasteiger partial charge in [0.15, 0.2) is 12.4 Å². The van der Waals surface area contributed by atoms with Crippen molar-refractivity contribution in [1.29, 1.82) is 0 Å². The second-order valence-corrected chi connectivity index (χ2v) is 5.11. The molecule has 0 aliphatic rings. The van der Waals surface area contributed by atoms with Crippen molar-refractivity contribution in [3.8, 4) is 0 Å². The molecule has 1 aromatic carbocycles. The van der Waals surface area contributed by atoms with Gasteiger partial charge in [-0.25, -0.2) is 9.59 Å². The number of hydrogen-bond acceptors (Lipinski definition) is 6. The van der Waals surface area contributed by atoms with Gasteiger partial charge in [0.2, 0.25) is 0 Å². The summed E-state index contributed by atoms with van der Waals surface area (Å²) in [7, 11) is 0. The number of Topliss-reactive ketones (excluding diaryl/α,β-unsaturated/α-hetero) is 1. The van der Waals surface area contributed by atoms with Crippen molar-refractivity contribution in [2.45, 2.75) is 26.3 Å². The Morgan fingerprint density at radius 2 is 1.64 bits per heavy atom. The van der Waals surface area contributed by atoms with Crippen molar-refractivity contribution < 1.29 is 28.7 Å². The normalized spacial score (nSPS) is 11.6. The molecule has 1 atom stereocenters. The lowest BCUT2D eigenvalue weighted by Crippen LogP contribution is -2.43. The largest absolute Gasteiger partial charge is 0.463 e. The molecule has 0 saturated carbocycles. The summed E-state index contributed by atoms with van der Waals surface area (Å²) in [5, 5.41) is 2.52. The van der Waals surface area contributed by atoms with Gasteiger partial charge in [-0.3, -0.25) is 9.59 Å². The van der Waals surface area contributed by atoms with Gasteiger partial charge in [0.25, 0.3) is 5.91 Å². The van der Waals surface area contributed by atoms with E-state index >= 15 is 0 Å². The molecule has 0 spiro atoms. The minimum Gasteiger partial charge on any atom is -0.463 e. The van der Waals surface area contributed by atoms with Gasteiger partial charge in [-0.15, -0.1) is 0 Å². The molecular formula is C18H21NO6. The third-order valence-corrected chi connectivity index (χ3v) is 3.10. The van der Waals surface area contributed by atoms with E-state index in [1.165, 1.54) is 6.92 Å². The summed E-state index contributed by atoms with van der Waals surface area (Å²) in [4.78, 5) is 46.0. The van der Waals surface area contributed by atoms with Crippen LogP contribution in [0.4, 0.5) is 0 Å². The number of nitrogens with one attached hydrogen (secondary N) is 1. The average molecular weight is 347 g/mol. The summed E-state index contributed by atoms with van der Waals surface area (Å²) in [6.07, 6.45) is 2.13. The molecule has 0 aliphatic heterocycles. The number of ether oxygens (including phenoxy) is 2. The lowest BCUT2D eigenvalue weighted by Gasteiger charge is -2.16. The zero-order chi connectivity index (χ0) is 18.7. The molecule has 0 heterocycles. The van der Waals surface area contributed by atoms with E-state index in [4.69, 9.17) is 4.74 Å². The zero-order valence-electron chi connectivity index (χ0n) is 14.2. The number of ketones is 1. The van der Waals surface area contributed by atoms with E-state index in [-0.39, 0.29) is 12.4 Å². The Labute approximate surface area is 146 Å². The number of amides is 1. The van der Waals surface area contributed by atoms with Crippen LogP contribution in [0.15, 0.2) is 42.5 Å². The first-order valence-corrected chi connectivity index (χ1v) is 7.77. The number of carbonyl (C=O) groups excluding carboxylic acids is 4. The highest BCUT2D eigenvalue weighted by Gasteiger charge is 2.18. The second kappa shape index (κ2) is 10.7. The van der Waals surface area contributed by atoms with Gasteiger partial charge in [0, 0.05) is 12.2 Å². The van der Waals surface area contributed by atoms with Crippen LogP contribution in [0.5, 0.6) is 0 Å². The highest BCUT2D eigenvalue weighted by molar-refractivity contribution is 5.93. The highest BCUT2D eigenvalue weighted by atomic mass is 16.5. The van der Waals surface area contributed by atoms with Crippen LogP contribution in [0.3, 0.4) is 0 Å². The first-order valence-electron chi connectivity index (χ1n) is 7.77. The minimum absolute atomic E-state index is 0.189. The van der Waals surface area contributed by atoms with Gasteiger partial charge in [-0.1, -0.05) is 30.3 Å². The lowest BCUT2D eigenvalue weighted by molar-refractivity contribution is -0.144. The van der Waals surface area contributed by atoms with Gasteiger partial charge in [0.05, 0.1) is 12.6 Å². The van der Waals surface area contributed by atoms with Crippen LogP contribution in [-0.4, -0.2) is 42.9 Å². The lowest BCUT2D eigenvalue weighted by atomic mass is 10.0. The molecule has 0 unspecified atom stereocenters. The van der Waals surface area contributed by atoms with Crippen molar-refractivity contribution in [3.63, 3.8) is 0 Å². The van der Waals surface area contributed by atoms with E-state index in [2.05, 4.69) is 10.1 Å². The first-order chi connectivity index (χ1) is 11.9. The molecule has 1 aromatic rings. The standard InChI is InChI=1S/C18H21NO6/c1-3-24-17(22)9-10-18(23)25-12-16(21)19-15(13(2)20)11-14-7-5-4-6-8-14/h4-10,15H,3,11-12H2,1-2H3,(H,19,21)/b10-9+/t15-/m1/s1. The molecule has 0 aromatic heterocycles. The summed E-state index contributed by atoms with van der Waals surface area (Å²) in [6.45, 7) is 2.65. The van der Waals surface area contributed by atoms with Crippen LogP contribution in [0.2, 0.25) is 0 Å². The molecule has 7 heteroatoms. The fraction of sp³-hybridized carbons (Fsp3) is 0.333. The fourth-order valence-electron chi connectivity index (χ4n) is 1.89. The van der Waals surface area contributed by atoms with E-state index in [1.54, 1.807) is 6.92 Å². The molecule has 7 nitrogen and oxygen atoms in total. The molecule has 134 valence electrons. The predicted octanol–water partition coefficient (Wildman–Crippen LogP) is 0.965. The highest BCUT2D eigenvalue weighted by Crippen LogP contribution is 2.04. The van der Waals surface area contributed by atoms with Crippen molar-refractivity contribution >= 4 is 23.6 Å². The second-order valence-electron chi connectivity index (χ2n) is 5.11. The van der Waals surface area contributed by atoms with Crippen molar-refractivity contribution in [1.82, 2.24) is 5.32 Å². The Morgan fingerprint density at radius 1 is 1.04 bits per heavy atom. The number of benzene rings is 1. The molecule has 1 rings (SSSR count). The first kappa shape index (κ1) is 20.1. The SMILES string of the molecule is CCOC(=O)/C=C/C(=O)OCC(=O)N[C@H](Cc1ccccc1)C(C)=O. The van der Waals surface area contributed by atoms with E-state index in [0.29, 0.717) is 6.42 Å². The molecule has 0 saturated heterocycles. The van der Waals surface area contributed by atoms with E-state index in [9.17, 15) is 19.2 Å². The minimum atomic E-state index is -0.856. The maximum absolute atomic E-state index is 11.8. The maximum atomic E-state index is 11.8. The molecule has 1 amide bonds. The third-order valence-electron chi connectivity index (χ3n) is 3.10. The molecule has 0 bridgehead atoms. The van der Waals surface area contributed by atoms with E-state index < -0.39 is 30.5 Å². The van der Waals surface area contributed by atoms with E-state index in [0.717, 1.165) is 17.7 Å². The Bertz CT molecular complexity index is 638. The summed E-state index contributed by atoms with van der Waals surface area (Å²) in [6, 6.07) is 8.53. The molecule has 1 N–H and O–H groups in total. The molecular weight excluding hydrogens is 326 g/mol. The van der Waals surface area contributed by atoms with Crippen molar-refractivity contribution in [3.05, 3.63) is 48.0 Å². The maximum Gasteiger partial charge on any atom is 0.331 e. The van der Waals surface area contributed by atoms with Gasteiger partial charge in [-0.2, -0.15) is 0 Å². The zero-order valence-corrected chi connectivity index (χ0v) is 14.2. The fourth-order valence-corrected chi connectivity index (χ4v) is 1.89. The van der Waals surface area contributed by atoms with Crippen LogP contribution in [-0.2, 0) is 35.1 Å². The Balaban J connectivity index is 2.46. The van der Waals surface area contributed by atoms with Crippen LogP contribution >= 0.6 is 0 Å². The molecule has 0 aliphatic carbocycles. The molecule has 25 heavy (non-hydrogen) atoms. The number of carbonyl (C=O) groups is 4. The summed E-state index contributed by atoms with van der Waals surface area (Å²) >= 11 is 0. The predicted molar refractivity (Wildman–Crippen MR) is 89.5 cm³/mol. The van der Waals surface area contributed by atoms with Gasteiger partial charge in [-0.05, 0) is 25.8 Å². The number of hydrogen-bond donors (Lipinski definition) is 1. The van der Waals surface area contributed by atoms with Crippen molar-refractivity contribution in [2.24, 2.45) is 0 Å². The van der Waals surface area contributed by atoms with Crippen LogP contribution in [0.1, 0.15) is 19.4 Å². The molecule has 0 fully saturated rings. The Morgan fingerprint density at radius 3 is 2.20 bits per heavy atom. The average Bonchev–Trinajstić information content (AvgIpc) is 2.58. The number of rotatable bonds is 9. The Hall–Kier alpha value is -2.96. The van der Waals surface area contributed by atoms with Crippen LogP contribution in [0.25, 0.3) is 0 Å². The summed E-state index contributed by atoms with van der Waals surface area (Å²) in [5.74, 6) is -2.34. The topological polar surface area (TPSA) is 98.8 Å². The molecule has 0 radical (unpaired) electrons. The van der Waals surface area contributed by atoms with E-state index in [1.807, 2.05) is 30.3 Å². The Kier molecular flexibility index (Phi) is 8.63. The summed E-state index contributed by atoms with van der Waals surface area (Å²) in [5.41, 5.74) is 0.900. The van der Waals surface area contributed by atoms with Gasteiger partial charge >= 0.3 is 11.9 Å². The quantitative estimate of drug-likeness (QED) is 0.528. The van der Waals surface area contributed by atoms with Crippen LogP contribution < -0.4 is 5.32 Å².